The van der Waals surface area contributed by atoms with Gasteiger partial charge in [-0.05, 0) is 0 Å². The van der Waals surface area contributed by atoms with E-state index in [0.717, 1.165) is 0 Å². The lowest BCUT2D eigenvalue weighted by molar-refractivity contribution is -0.134. The monoisotopic (exact) mass is 171 g/mol. The van der Waals surface area contributed by atoms with Gasteiger partial charge in [0.1, 0.15) is 0 Å². The number of amides is 1. The Kier molecular flexibility index (Phi) is 1.60. The van der Waals surface area contributed by atoms with Crippen molar-refractivity contribution >= 4 is 5.91 Å². The molecule has 0 aromatic rings. The maximum absolute atomic E-state index is 11.2. The van der Waals surface area contributed by atoms with E-state index in [1.165, 1.54) is 0 Å². The molecule has 0 bridgehead atoms. The van der Waals surface area contributed by atoms with Crippen LogP contribution < -0.4 is 5.73 Å². The van der Waals surface area contributed by atoms with E-state index >= 15 is 0 Å². The molecule has 0 aliphatic heterocycles. The number of carbonyl (C=O) groups is 1. The number of methoxy groups -OCH3 is 1. The lowest BCUT2D eigenvalue weighted by Crippen LogP contribution is -2.38. The standard InChI is InChI=1S/C9H17NO2/c1-7(2)8(3,4)9(7,12-5)6(10)11/h1-5H3,(H2,10,11). The minimum atomic E-state index is -0.778. The Morgan fingerprint density at radius 1 is 1.17 bits per heavy atom. The molecular formula is C9H17NO2. The molecule has 0 atom stereocenters. The average molecular weight is 171 g/mol. The van der Waals surface area contributed by atoms with E-state index in [2.05, 4.69) is 0 Å². The third-order valence-corrected chi connectivity index (χ3v) is 3.91. The van der Waals surface area contributed by atoms with Crippen LogP contribution in [0.15, 0.2) is 0 Å². The molecule has 0 radical (unpaired) electrons. The van der Waals surface area contributed by atoms with Crippen LogP contribution in [0.5, 0.6) is 0 Å². The second kappa shape index (κ2) is 2.02. The number of carbonyl (C=O) groups excluding carboxylic acids is 1. The Morgan fingerprint density at radius 2 is 1.50 bits per heavy atom. The fourth-order valence-corrected chi connectivity index (χ4v) is 2.49. The van der Waals surface area contributed by atoms with Crippen molar-refractivity contribution in [2.24, 2.45) is 16.6 Å². The van der Waals surface area contributed by atoms with Crippen LogP contribution in [-0.4, -0.2) is 18.6 Å². The molecule has 1 rings (SSSR count). The molecule has 70 valence electrons. The molecule has 1 saturated carbocycles. The van der Waals surface area contributed by atoms with Gasteiger partial charge in [-0.2, -0.15) is 0 Å². The number of primary amides is 1. The van der Waals surface area contributed by atoms with Crippen molar-refractivity contribution in [2.75, 3.05) is 7.11 Å². The molecule has 1 fully saturated rings. The van der Waals surface area contributed by atoms with Crippen LogP contribution >= 0.6 is 0 Å². The first kappa shape index (κ1) is 9.52. The molecule has 3 heteroatoms. The summed E-state index contributed by atoms with van der Waals surface area (Å²) in [6.45, 7) is 8.00. The van der Waals surface area contributed by atoms with Gasteiger partial charge in [-0.15, -0.1) is 0 Å². The summed E-state index contributed by atoms with van der Waals surface area (Å²) in [5.41, 5.74) is 4.22. The topological polar surface area (TPSA) is 52.3 Å². The highest BCUT2D eigenvalue weighted by atomic mass is 16.5. The van der Waals surface area contributed by atoms with E-state index in [9.17, 15) is 4.79 Å². The molecule has 0 unspecified atom stereocenters. The Balaban J connectivity index is 3.11. The first-order chi connectivity index (χ1) is 5.25. The average Bonchev–Trinajstić information content (AvgIpc) is 2.21. The molecule has 0 spiro atoms. The van der Waals surface area contributed by atoms with Crippen LogP contribution in [0.1, 0.15) is 27.7 Å². The molecule has 3 nitrogen and oxygen atoms in total. The minimum absolute atomic E-state index is 0.166. The van der Waals surface area contributed by atoms with Gasteiger partial charge in [-0.3, -0.25) is 4.79 Å². The lowest BCUT2D eigenvalue weighted by atomic mass is 10.0. The smallest absolute Gasteiger partial charge is 0.250 e. The van der Waals surface area contributed by atoms with Gasteiger partial charge in [0.25, 0.3) is 5.91 Å². The molecule has 1 aliphatic carbocycles. The van der Waals surface area contributed by atoms with Gasteiger partial charge in [0, 0.05) is 17.9 Å². The summed E-state index contributed by atoms with van der Waals surface area (Å²) in [6, 6.07) is 0. The predicted molar refractivity (Wildman–Crippen MR) is 46.5 cm³/mol. The number of rotatable bonds is 2. The molecule has 1 amide bonds. The summed E-state index contributed by atoms with van der Waals surface area (Å²) in [7, 11) is 1.54. The second-order valence-electron chi connectivity index (χ2n) is 4.50. The van der Waals surface area contributed by atoms with Gasteiger partial charge in [0.2, 0.25) is 0 Å². The van der Waals surface area contributed by atoms with Gasteiger partial charge in [0.15, 0.2) is 5.60 Å². The molecule has 2 N–H and O–H groups in total. The van der Waals surface area contributed by atoms with Gasteiger partial charge in [-0.25, -0.2) is 0 Å². The zero-order valence-corrected chi connectivity index (χ0v) is 8.39. The second-order valence-corrected chi connectivity index (χ2v) is 4.50. The Morgan fingerprint density at radius 3 is 1.50 bits per heavy atom. The summed E-state index contributed by atoms with van der Waals surface area (Å²) in [4.78, 5) is 11.2. The van der Waals surface area contributed by atoms with E-state index in [1.807, 2.05) is 27.7 Å². The molecule has 0 aromatic heterocycles. The van der Waals surface area contributed by atoms with Gasteiger partial charge in [-0.1, -0.05) is 27.7 Å². The third-order valence-electron chi connectivity index (χ3n) is 3.91. The van der Waals surface area contributed by atoms with Gasteiger partial charge >= 0.3 is 0 Å². The predicted octanol–water partition coefficient (Wildman–Crippen LogP) is 0.923. The summed E-state index contributed by atoms with van der Waals surface area (Å²) in [6.07, 6.45) is 0. The van der Waals surface area contributed by atoms with Crippen molar-refractivity contribution < 1.29 is 9.53 Å². The summed E-state index contributed by atoms with van der Waals surface area (Å²) < 4.78 is 5.27. The maximum atomic E-state index is 11.2. The molecule has 12 heavy (non-hydrogen) atoms. The van der Waals surface area contributed by atoms with Gasteiger partial charge in [0.05, 0.1) is 0 Å². The van der Waals surface area contributed by atoms with E-state index in [4.69, 9.17) is 10.5 Å². The quantitative estimate of drug-likeness (QED) is 0.671. The fourth-order valence-electron chi connectivity index (χ4n) is 2.49. The first-order valence-corrected chi connectivity index (χ1v) is 4.11. The zero-order valence-electron chi connectivity index (χ0n) is 8.39. The Labute approximate surface area is 73.3 Å². The van der Waals surface area contributed by atoms with Crippen LogP contribution in [-0.2, 0) is 9.53 Å². The molecular weight excluding hydrogens is 154 g/mol. The van der Waals surface area contributed by atoms with E-state index in [1.54, 1.807) is 7.11 Å². The molecule has 1 aliphatic rings. The van der Waals surface area contributed by atoms with Gasteiger partial charge < -0.3 is 10.5 Å². The van der Waals surface area contributed by atoms with Crippen molar-refractivity contribution in [3.8, 4) is 0 Å². The van der Waals surface area contributed by atoms with Crippen molar-refractivity contribution in [3.05, 3.63) is 0 Å². The maximum Gasteiger partial charge on any atom is 0.250 e. The van der Waals surface area contributed by atoms with E-state index < -0.39 is 5.60 Å². The van der Waals surface area contributed by atoms with Crippen LogP contribution in [0.4, 0.5) is 0 Å². The zero-order chi connectivity index (χ0) is 9.78. The molecule has 0 aromatic carbocycles. The van der Waals surface area contributed by atoms with E-state index in [-0.39, 0.29) is 16.7 Å². The number of ether oxygens (including phenoxy) is 1. The van der Waals surface area contributed by atoms with Crippen LogP contribution in [0.2, 0.25) is 0 Å². The SMILES string of the molecule is COC1(C(N)=O)C(C)(C)C1(C)C. The van der Waals surface area contributed by atoms with Crippen molar-refractivity contribution in [1.29, 1.82) is 0 Å². The minimum Gasteiger partial charge on any atom is -0.367 e. The highest BCUT2D eigenvalue weighted by molar-refractivity contribution is 5.90. The lowest BCUT2D eigenvalue weighted by Gasteiger charge is -2.15. The Hall–Kier alpha value is -0.570. The molecule has 0 saturated heterocycles. The molecule has 0 heterocycles. The highest BCUT2D eigenvalue weighted by Crippen LogP contribution is 2.72. The first-order valence-electron chi connectivity index (χ1n) is 4.11. The van der Waals surface area contributed by atoms with Crippen LogP contribution in [0, 0.1) is 10.8 Å². The number of nitrogens with two attached hydrogens (primary N) is 1. The summed E-state index contributed by atoms with van der Waals surface area (Å²) >= 11 is 0. The largest absolute Gasteiger partial charge is 0.367 e. The fraction of sp³-hybridized carbons (Fsp3) is 0.889. The Bertz CT molecular complexity index is 217. The number of hydrogen-bond acceptors (Lipinski definition) is 2. The van der Waals surface area contributed by atoms with Crippen molar-refractivity contribution in [1.82, 2.24) is 0 Å². The van der Waals surface area contributed by atoms with Crippen molar-refractivity contribution in [2.45, 2.75) is 33.3 Å². The summed E-state index contributed by atoms with van der Waals surface area (Å²) in [5, 5.41) is 0. The van der Waals surface area contributed by atoms with Crippen LogP contribution in [0.3, 0.4) is 0 Å². The number of hydrogen-bond donors (Lipinski definition) is 1. The normalized spacial score (nSPS) is 28.1. The summed E-state index contributed by atoms with van der Waals surface area (Å²) in [5.74, 6) is -0.361. The third kappa shape index (κ3) is 0.600. The highest BCUT2D eigenvalue weighted by Gasteiger charge is 2.81. The van der Waals surface area contributed by atoms with Crippen LogP contribution in [0.25, 0.3) is 0 Å². The van der Waals surface area contributed by atoms with E-state index in [0.29, 0.717) is 0 Å². The van der Waals surface area contributed by atoms with Crippen molar-refractivity contribution in [3.63, 3.8) is 0 Å².